The van der Waals surface area contributed by atoms with Crippen molar-refractivity contribution >= 4 is 15.7 Å². The molecule has 2 aliphatic rings. The van der Waals surface area contributed by atoms with Crippen LogP contribution in [0.2, 0.25) is 0 Å². The van der Waals surface area contributed by atoms with E-state index in [0.29, 0.717) is 6.54 Å². The Balaban J connectivity index is 1.96. The van der Waals surface area contributed by atoms with Crippen molar-refractivity contribution in [2.45, 2.75) is 19.3 Å². The number of piperidine rings is 1. The van der Waals surface area contributed by atoms with E-state index in [0.717, 1.165) is 38.9 Å². The van der Waals surface area contributed by atoms with Crippen LogP contribution >= 0.6 is 0 Å². The fourth-order valence-electron chi connectivity index (χ4n) is 3.09. The van der Waals surface area contributed by atoms with Gasteiger partial charge in [0, 0.05) is 32.9 Å². The standard InChI is InChI=1S/C12H22N2O3S/c1-13-6-3-4-12(11(13)15)5-7-14(10-12)8-9-18(2,16)17/h3-10H2,1-2H3/t12-/m0/s1. The topological polar surface area (TPSA) is 57.7 Å². The van der Waals surface area contributed by atoms with Crippen LogP contribution in [0.1, 0.15) is 19.3 Å². The highest BCUT2D eigenvalue weighted by molar-refractivity contribution is 7.90. The van der Waals surface area contributed by atoms with Crippen molar-refractivity contribution in [2.75, 3.05) is 45.2 Å². The highest BCUT2D eigenvalue weighted by Gasteiger charge is 2.47. The number of carbonyl (C=O) groups is 1. The van der Waals surface area contributed by atoms with Crippen LogP contribution in [0.25, 0.3) is 0 Å². The Morgan fingerprint density at radius 1 is 1.28 bits per heavy atom. The van der Waals surface area contributed by atoms with E-state index in [2.05, 4.69) is 4.90 Å². The number of likely N-dealkylation sites (tertiary alicyclic amines) is 2. The van der Waals surface area contributed by atoms with Gasteiger partial charge in [-0.3, -0.25) is 4.79 Å². The molecular formula is C12H22N2O3S. The normalized spacial score (nSPS) is 30.3. The van der Waals surface area contributed by atoms with Crippen LogP contribution in [-0.4, -0.2) is 69.4 Å². The first kappa shape index (κ1) is 13.8. The Bertz CT molecular complexity index is 435. The van der Waals surface area contributed by atoms with Crippen LogP contribution in [0.4, 0.5) is 0 Å². The third kappa shape index (κ3) is 2.85. The summed E-state index contributed by atoms with van der Waals surface area (Å²) in [4.78, 5) is 16.2. The summed E-state index contributed by atoms with van der Waals surface area (Å²) in [5, 5.41) is 0. The minimum atomic E-state index is -2.92. The lowest BCUT2D eigenvalue weighted by Gasteiger charge is -2.37. The minimum Gasteiger partial charge on any atom is -0.345 e. The van der Waals surface area contributed by atoms with E-state index >= 15 is 0 Å². The maximum atomic E-state index is 12.3. The lowest BCUT2D eigenvalue weighted by molar-refractivity contribution is -0.143. The fraction of sp³-hybridized carbons (Fsp3) is 0.917. The summed E-state index contributed by atoms with van der Waals surface area (Å²) in [7, 11) is -1.05. The van der Waals surface area contributed by atoms with E-state index in [-0.39, 0.29) is 17.1 Å². The van der Waals surface area contributed by atoms with Gasteiger partial charge in [0.05, 0.1) is 11.2 Å². The van der Waals surface area contributed by atoms with Gasteiger partial charge in [-0.1, -0.05) is 0 Å². The maximum Gasteiger partial charge on any atom is 0.229 e. The van der Waals surface area contributed by atoms with Gasteiger partial charge in [-0.25, -0.2) is 8.42 Å². The van der Waals surface area contributed by atoms with Crippen molar-refractivity contribution in [3.05, 3.63) is 0 Å². The summed E-state index contributed by atoms with van der Waals surface area (Å²) in [6.45, 7) is 2.97. The number of hydrogen-bond acceptors (Lipinski definition) is 4. The lowest BCUT2D eigenvalue weighted by atomic mass is 9.78. The summed E-state index contributed by atoms with van der Waals surface area (Å²) >= 11 is 0. The number of rotatable bonds is 3. The molecule has 0 saturated carbocycles. The van der Waals surface area contributed by atoms with Crippen molar-refractivity contribution in [3.8, 4) is 0 Å². The van der Waals surface area contributed by atoms with Crippen molar-refractivity contribution < 1.29 is 13.2 Å². The number of sulfone groups is 1. The van der Waals surface area contributed by atoms with Crippen LogP contribution in [0, 0.1) is 5.41 Å². The molecule has 6 heteroatoms. The Labute approximate surface area is 109 Å². The Hall–Kier alpha value is -0.620. The molecule has 0 aromatic rings. The monoisotopic (exact) mass is 274 g/mol. The first-order valence-corrected chi connectivity index (χ1v) is 8.54. The second-order valence-corrected chi connectivity index (χ2v) is 8.03. The number of carbonyl (C=O) groups excluding carboxylic acids is 1. The Morgan fingerprint density at radius 2 is 2.00 bits per heavy atom. The van der Waals surface area contributed by atoms with Gasteiger partial charge in [0.2, 0.25) is 5.91 Å². The molecule has 0 bridgehead atoms. The van der Waals surface area contributed by atoms with Crippen LogP contribution < -0.4 is 0 Å². The quantitative estimate of drug-likeness (QED) is 0.725. The molecule has 1 spiro atoms. The van der Waals surface area contributed by atoms with Crippen LogP contribution in [0.5, 0.6) is 0 Å². The van der Waals surface area contributed by atoms with Gasteiger partial charge in [-0.05, 0) is 25.8 Å². The van der Waals surface area contributed by atoms with Gasteiger partial charge in [-0.2, -0.15) is 0 Å². The van der Waals surface area contributed by atoms with Crippen molar-refractivity contribution in [1.82, 2.24) is 9.80 Å². The van der Waals surface area contributed by atoms with Crippen molar-refractivity contribution in [1.29, 1.82) is 0 Å². The third-order valence-corrected chi connectivity index (χ3v) is 5.08. The molecule has 18 heavy (non-hydrogen) atoms. The van der Waals surface area contributed by atoms with Crippen LogP contribution in [-0.2, 0) is 14.6 Å². The predicted molar refractivity (Wildman–Crippen MR) is 70.1 cm³/mol. The Kier molecular flexibility index (Phi) is 3.69. The molecule has 0 unspecified atom stereocenters. The molecule has 0 N–H and O–H groups in total. The molecule has 2 rings (SSSR count). The van der Waals surface area contributed by atoms with Gasteiger partial charge in [0.1, 0.15) is 9.84 Å². The van der Waals surface area contributed by atoms with Gasteiger partial charge in [0.25, 0.3) is 0 Å². The zero-order chi connectivity index (χ0) is 13.4. The molecule has 0 aliphatic carbocycles. The van der Waals surface area contributed by atoms with Gasteiger partial charge >= 0.3 is 0 Å². The summed E-state index contributed by atoms with van der Waals surface area (Å²) in [5.74, 6) is 0.434. The molecule has 2 heterocycles. The second-order valence-electron chi connectivity index (χ2n) is 5.77. The molecule has 2 aliphatic heterocycles. The molecule has 0 aromatic heterocycles. The number of nitrogens with zero attached hydrogens (tertiary/aromatic N) is 2. The number of amides is 1. The van der Waals surface area contributed by atoms with E-state index in [9.17, 15) is 13.2 Å². The molecular weight excluding hydrogens is 252 g/mol. The zero-order valence-corrected chi connectivity index (χ0v) is 12.0. The summed E-state index contributed by atoms with van der Waals surface area (Å²) in [6.07, 6.45) is 4.14. The smallest absolute Gasteiger partial charge is 0.229 e. The molecule has 0 aromatic carbocycles. The SMILES string of the molecule is CN1CCC[C@@]2(CCN(CCS(C)(=O)=O)C2)C1=O. The van der Waals surface area contributed by atoms with E-state index in [1.807, 2.05) is 11.9 Å². The summed E-state index contributed by atoms with van der Waals surface area (Å²) < 4.78 is 22.3. The maximum absolute atomic E-state index is 12.3. The van der Waals surface area contributed by atoms with Crippen LogP contribution in [0.3, 0.4) is 0 Å². The van der Waals surface area contributed by atoms with Gasteiger partial charge < -0.3 is 9.80 Å². The third-order valence-electron chi connectivity index (χ3n) is 4.16. The van der Waals surface area contributed by atoms with Gasteiger partial charge in [-0.15, -0.1) is 0 Å². The highest BCUT2D eigenvalue weighted by Crippen LogP contribution is 2.39. The molecule has 0 radical (unpaired) electrons. The van der Waals surface area contributed by atoms with E-state index in [1.165, 1.54) is 6.26 Å². The first-order chi connectivity index (χ1) is 8.32. The average Bonchev–Trinajstić information content (AvgIpc) is 2.67. The summed E-state index contributed by atoms with van der Waals surface area (Å²) in [6, 6.07) is 0. The van der Waals surface area contributed by atoms with Crippen molar-refractivity contribution in [3.63, 3.8) is 0 Å². The molecule has 104 valence electrons. The Morgan fingerprint density at radius 3 is 2.67 bits per heavy atom. The van der Waals surface area contributed by atoms with Crippen molar-refractivity contribution in [2.24, 2.45) is 5.41 Å². The van der Waals surface area contributed by atoms with Crippen LogP contribution in [0.15, 0.2) is 0 Å². The van der Waals surface area contributed by atoms with E-state index in [4.69, 9.17) is 0 Å². The van der Waals surface area contributed by atoms with E-state index < -0.39 is 9.84 Å². The summed E-state index contributed by atoms with van der Waals surface area (Å²) in [5.41, 5.74) is -0.232. The average molecular weight is 274 g/mol. The van der Waals surface area contributed by atoms with E-state index in [1.54, 1.807) is 0 Å². The molecule has 2 saturated heterocycles. The second kappa shape index (κ2) is 4.81. The molecule has 1 atom stereocenters. The zero-order valence-electron chi connectivity index (χ0n) is 11.2. The fourth-order valence-corrected chi connectivity index (χ4v) is 3.68. The minimum absolute atomic E-state index is 0.188. The largest absolute Gasteiger partial charge is 0.345 e. The van der Waals surface area contributed by atoms with Gasteiger partial charge in [0.15, 0.2) is 0 Å². The molecule has 5 nitrogen and oxygen atoms in total. The number of hydrogen-bond donors (Lipinski definition) is 0. The molecule has 1 amide bonds. The molecule has 2 fully saturated rings. The highest BCUT2D eigenvalue weighted by atomic mass is 32.2. The first-order valence-electron chi connectivity index (χ1n) is 6.48. The lowest BCUT2D eigenvalue weighted by Crippen LogP contribution is -2.48. The predicted octanol–water partition coefficient (Wildman–Crippen LogP) is -0.0247.